The predicted molar refractivity (Wildman–Crippen MR) is 84.6 cm³/mol. The Morgan fingerprint density at radius 3 is 2.32 bits per heavy atom. The highest BCUT2D eigenvalue weighted by atomic mass is 19.2. The monoisotopic (exact) mass is 352 g/mol. The molecule has 0 radical (unpaired) electrons. The number of esters is 1. The second kappa shape index (κ2) is 8.18. The van der Waals surface area contributed by atoms with E-state index >= 15 is 0 Å². The van der Waals surface area contributed by atoms with Crippen molar-refractivity contribution in [2.24, 2.45) is 0 Å². The lowest BCUT2D eigenvalue weighted by atomic mass is 10.1. The second-order valence-corrected chi connectivity index (χ2v) is 4.95. The zero-order valence-corrected chi connectivity index (χ0v) is 13.2. The van der Waals surface area contributed by atoms with E-state index in [-0.39, 0.29) is 13.2 Å². The van der Waals surface area contributed by atoms with E-state index in [9.17, 15) is 22.8 Å². The van der Waals surface area contributed by atoms with E-state index in [0.29, 0.717) is 17.2 Å². The topological polar surface area (TPSA) is 67.4 Å². The third-order valence-corrected chi connectivity index (χ3v) is 3.20. The second-order valence-electron chi connectivity index (χ2n) is 4.95. The largest absolute Gasteiger partial charge is 0.462 e. The molecule has 2 rings (SSSR count). The van der Waals surface area contributed by atoms with Gasteiger partial charge in [-0.15, -0.1) is 0 Å². The van der Waals surface area contributed by atoms with Crippen LogP contribution in [0.2, 0.25) is 0 Å². The molecule has 132 valence electrons. The van der Waals surface area contributed by atoms with Crippen LogP contribution in [0, 0.1) is 17.5 Å². The molecule has 2 aromatic carbocycles. The minimum Gasteiger partial charge on any atom is -0.462 e. The van der Waals surface area contributed by atoms with Gasteiger partial charge in [-0.25, -0.2) is 22.8 Å². The maximum absolute atomic E-state index is 13.5. The summed E-state index contributed by atoms with van der Waals surface area (Å²) in [5, 5.41) is 4.52. The fraction of sp³-hybridized carbons (Fsp3) is 0.176. The number of nitrogens with one attached hydrogen (secondary N) is 2. The Labute approximate surface area is 141 Å². The number of benzene rings is 2. The van der Waals surface area contributed by atoms with Gasteiger partial charge < -0.3 is 15.4 Å². The number of ether oxygens (including phenoxy) is 1. The first kappa shape index (κ1) is 18.3. The Balaban J connectivity index is 1.92. The van der Waals surface area contributed by atoms with Crippen molar-refractivity contribution in [1.82, 2.24) is 5.32 Å². The fourth-order valence-corrected chi connectivity index (χ4v) is 1.94. The van der Waals surface area contributed by atoms with Gasteiger partial charge in [0.25, 0.3) is 0 Å². The minimum absolute atomic E-state index is 0.0836. The fourth-order valence-electron chi connectivity index (χ4n) is 1.94. The lowest BCUT2D eigenvalue weighted by Crippen LogP contribution is -2.28. The Bertz CT molecular complexity index is 779. The molecule has 2 aromatic rings. The van der Waals surface area contributed by atoms with Gasteiger partial charge >= 0.3 is 12.0 Å². The number of rotatable bonds is 5. The van der Waals surface area contributed by atoms with Gasteiger partial charge in [0.05, 0.1) is 17.9 Å². The van der Waals surface area contributed by atoms with Crippen LogP contribution in [0.25, 0.3) is 0 Å². The molecule has 8 heteroatoms. The van der Waals surface area contributed by atoms with Crippen LogP contribution >= 0.6 is 0 Å². The summed E-state index contributed by atoms with van der Waals surface area (Å²) in [6.07, 6.45) is 0. The number of hydrogen-bond acceptors (Lipinski definition) is 3. The molecule has 0 atom stereocenters. The van der Waals surface area contributed by atoms with Crippen LogP contribution in [0.5, 0.6) is 0 Å². The average molecular weight is 352 g/mol. The molecule has 0 bridgehead atoms. The molecule has 25 heavy (non-hydrogen) atoms. The van der Waals surface area contributed by atoms with E-state index in [1.54, 1.807) is 31.2 Å². The van der Waals surface area contributed by atoms with Crippen molar-refractivity contribution < 1.29 is 27.5 Å². The summed E-state index contributed by atoms with van der Waals surface area (Å²) in [6.45, 7) is 2.05. The summed E-state index contributed by atoms with van der Waals surface area (Å²) in [7, 11) is 0. The van der Waals surface area contributed by atoms with Gasteiger partial charge in [0.2, 0.25) is 0 Å². The summed E-state index contributed by atoms with van der Waals surface area (Å²) < 4.78 is 44.2. The lowest BCUT2D eigenvalue weighted by molar-refractivity contribution is 0.0526. The van der Waals surface area contributed by atoms with Crippen molar-refractivity contribution in [2.45, 2.75) is 13.5 Å². The quantitative estimate of drug-likeness (QED) is 0.638. The summed E-state index contributed by atoms with van der Waals surface area (Å²) in [5.74, 6) is -4.93. The zero-order chi connectivity index (χ0) is 18.4. The summed E-state index contributed by atoms with van der Waals surface area (Å²) in [6, 6.07) is 7.15. The van der Waals surface area contributed by atoms with Crippen molar-refractivity contribution in [3.8, 4) is 0 Å². The summed E-state index contributed by atoms with van der Waals surface area (Å²) in [4.78, 5) is 23.2. The molecule has 0 aliphatic carbocycles. The normalized spacial score (nSPS) is 10.2. The molecular weight excluding hydrogens is 337 g/mol. The minimum atomic E-state index is -1.66. The smallest absolute Gasteiger partial charge is 0.338 e. The molecule has 2 amide bonds. The van der Waals surface area contributed by atoms with Gasteiger partial charge in [0, 0.05) is 6.54 Å². The maximum Gasteiger partial charge on any atom is 0.338 e. The molecule has 0 aliphatic rings. The first-order valence-corrected chi connectivity index (χ1v) is 7.36. The third kappa shape index (κ3) is 4.72. The van der Waals surface area contributed by atoms with Crippen LogP contribution in [0.1, 0.15) is 22.8 Å². The number of amides is 2. The molecular formula is C17H15F3N2O3. The molecule has 0 unspecified atom stereocenters. The van der Waals surface area contributed by atoms with Gasteiger partial charge in [-0.05, 0) is 36.8 Å². The lowest BCUT2D eigenvalue weighted by Gasteiger charge is -2.09. The standard InChI is InChI=1S/C17H15F3N2O3/c1-2-25-16(23)11-5-3-10(4-6-11)9-21-17(24)22-13-8-7-12(18)14(19)15(13)20/h3-8H,2,9H2,1H3,(H2,21,22,24). The number of carbonyl (C=O) groups excluding carboxylic acids is 2. The molecule has 0 heterocycles. The predicted octanol–water partition coefficient (Wildman–Crippen LogP) is 3.60. The zero-order valence-electron chi connectivity index (χ0n) is 13.2. The van der Waals surface area contributed by atoms with Gasteiger partial charge in [0.15, 0.2) is 17.5 Å². The van der Waals surface area contributed by atoms with E-state index in [1.165, 1.54) is 0 Å². The molecule has 5 nitrogen and oxygen atoms in total. The van der Waals surface area contributed by atoms with E-state index in [0.717, 1.165) is 6.07 Å². The van der Waals surface area contributed by atoms with Crippen LogP contribution in [0.3, 0.4) is 0 Å². The van der Waals surface area contributed by atoms with Crippen LogP contribution in [0.4, 0.5) is 23.7 Å². The van der Waals surface area contributed by atoms with E-state index in [2.05, 4.69) is 10.6 Å². The molecule has 0 aliphatic heterocycles. The van der Waals surface area contributed by atoms with Crippen molar-refractivity contribution in [1.29, 1.82) is 0 Å². The molecule has 0 fully saturated rings. The van der Waals surface area contributed by atoms with Gasteiger partial charge in [-0.2, -0.15) is 0 Å². The Morgan fingerprint density at radius 2 is 1.68 bits per heavy atom. The molecule has 0 aromatic heterocycles. The van der Waals surface area contributed by atoms with Crippen molar-refractivity contribution in [3.05, 3.63) is 65.0 Å². The molecule has 0 saturated heterocycles. The Hall–Kier alpha value is -3.03. The van der Waals surface area contributed by atoms with Crippen LogP contribution < -0.4 is 10.6 Å². The molecule has 0 saturated carbocycles. The van der Waals surface area contributed by atoms with E-state index in [4.69, 9.17) is 4.74 Å². The average Bonchev–Trinajstić information content (AvgIpc) is 2.61. The van der Waals surface area contributed by atoms with Crippen molar-refractivity contribution in [2.75, 3.05) is 11.9 Å². The Morgan fingerprint density at radius 1 is 1.00 bits per heavy atom. The number of halogens is 3. The SMILES string of the molecule is CCOC(=O)c1ccc(CNC(=O)Nc2ccc(F)c(F)c2F)cc1. The highest BCUT2D eigenvalue weighted by molar-refractivity contribution is 5.90. The number of carbonyl (C=O) groups is 2. The number of anilines is 1. The van der Waals surface area contributed by atoms with Gasteiger partial charge in [-0.3, -0.25) is 0 Å². The maximum atomic E-state index is 13.5. The first-order chi connectivity index (χ1) is 11.9. The van der Waals surface area contributed by atoms with Gasteiger partial charge in [-0.1, -0.05) is 12.1 Å². The van der Waals surface area contributed by atoms with Gasteiger partial charge in [0.1, 0.15) is 0 Å². The highest BCUT2D eigenvalue weighted by Gasteiger charge is 2.15. The van der Waals surface area contributed by atoms with Crippen molar-refractivity contribution >= 4 is 17.7 Å². The van der Waals surface area contributed by atoms with Crippen LogP contribution in [-0.4, -0.2) is 18.6 Å². The molecule has 2 N–H and O–H groups in total. The third-order valence-electron chi connectivity index (χ3n) is 3.20. The number of hydrogen-bond donors (Lipinski definition) is 2. The molecule has 0 spiro atoms. The Kier molecular flexibility index (Phi) is 5.99. The highest BCUT2D eigenvalue weighted by Crippen LogP contribution is 2.19. The van der Waals surface area contributed by atoms with E-state index in [1.807, 2.05) is 0 Å². The summed E-state index contributed by atoms with van der Waals surface area (Å²) >= 11 is 0. The van der Waals surface area contributed by atoms with E-state index < -0.39 is 35.1 Å². The van der Waals surface area contributed by atoms with Crippen LogP contribution in [0.15, 0.2) is 36.4 Å². The van der Waals surface area contributed by atoms with Crippen LogP contribution in [-0.2, 0) is 11.3 Å². The first-order valence-electron chi connectivity index (χ1n) is 7.36. The summed E-state index contributed by atoms with van der Waals surface area (Å²) in [5.41, 5.74) is 0.571. The van der Waals surface area contributed by atoms with Crippen molar-refractivity contribution in [3.63, 3.8) is 0 Å². The number of urea groups is 1.